The Bertz CT molecular complexity index is 430. The topological polar surface area (TPSA) is 32.7 Å². The highest BCUT2D eigenvalue weighted by Crippen LogP contribution is 2.29. The molecule has 116 valence electrons. The molecule has 2 atom stereocenters. The Morgan fingerprint density at radius 3 is 2.86 bits per heavy atom. The zero-order valence-electron chi connectivity index (χ0n) is 12.8. The minimum absolute atomic E-state index is 0.388. The number of likely N-dealkylation sites (tertiary alicyclic amines) is 1. The Morgan fingerprint density at radius 1 is 1.24 bits per heavy atom. The van der Waals surface area contributed by atoms with E-state index in [0.717, 1.165) is 51.9 Å². The van der Waals surface area contributed by atoms with Crippen molar-refractivity contribution in [3.63, 3.8) is 0 Å². The van der Waals surface area contributed by atoms with E-state index in [2.05, 4.69) is 35.2 Å². The molecule has 2 saturated heterocycles. The van der Waals surface area contributed by atoms with Crippen molar-refractivity contribution < 1.29 is 9.84 Å². The summed E-state index contributed by atoms with van der Waals surface area (Å²) in [4.78, 5) is 2.40. The number of ether oxygens (including phenoxy) is 1. The van der Waals surface area contributed by atoms with Crippen molar-refractivity contribution in [2.24, 2.45) is 0 Å². The molecule has 0 saturated carbocycles. The Hall–Kier alpha value is -0.900. The van der Waals surface area contributed by atoms with Gasteiger partial charge in [-0.25, -0.2) is 0 Å². The third-order valence-electron chi connectivity index (χ3n) is 4.84. The minimum Gasteiger partial charge on any atom is -0.389 e. The van der Waals surface area contributed by atoms with Gasteiger partial charge in [-0.2, -0.15) is 0 Å². The summed E-state index contributed by atoms with van der Waals surface area (Å²) >= 11 is 0. The number of β-amino-alcohol motifs (C(OH)–C–C–N with tert-alkyl or cyclic N) is 1. The van der Waals surface area contributed by atoms with Gasteiger partial charge in [0, 0.05) is 19.7 Å². The molecule has 1 aromatic carbocycles. The van der Waals surface area contributed by atoms with Crippen LogP contribution in [-0.4, -0.2) is 41.4 Å². The van der Waals surface area contributed by atoms with E-state index in [1.807, 2.05) is 0 Å². The van der Waals surface area contributed by atoms with Crippen molar-refractivity contribution in [1.29, 1.82) is 0 Å². The van der Waals surface area contributed by atoms with Gasteiger partial charge in [0.15, 0.2) is 0 Å². The fourth-order valence-corrected chi connectivity index (χ4v) is 3.69. The molecule has 2 unspecified atom stereocenters. The molecule has 1 aromatic rings. The summed E-state index contributed by atoms with van der Waals surface area (Å²) in [6, 6.07) is 10.6. The van der Waals surface area contributed by atoms with Crippen LogP contribution in [0.2, 0.25) is 0 Å². The molecule has 0 radical (unpaired) electrons. The molecule has 1 N–H and O–H groups in total. The maximum atomic E-state index is 10.9. The van der Waals surface area contributed by atoms with E-state index in [9.17, 15) is 5.11 Å². The first-order chi connectivity index (χ1) is 10.2. The first kappa shape index (κ1) is 15.0. The number of nitrogens with zero attached hydrogens (tertiary/aromatic N) is 1. The first-order valence-corrected chi connectivity index (χ1v) is 8.34. The summed E-state index contributed by atoms with van der Waals surface area (Å²) in [5.74, 6) is 0. The summed E-state index contributed by atoms with van der Waals surface area (Å²) in [7, 11) is 0. The number of rotatable bonds is 5. The maximum absolute atomic E-state index is 10.9. The van der Waals surface area contributed by atoms with Crippen molar-refractivity contribution in [3.8, 4) is 0 Å². The normalized spacial score (nSPS) is 30.6. The van der Waals surface area contributed by atoms with Crippen LogP contribution in [-0.2, 0) is 11.3 Å². The Balaban J connectivity index is 1.51. The van der Waals surface area contributed by atoms with Crippen molar-refractivity contribution >= 4 is 0 Å². The molecular formula is C18H27NO2. The molecule has 2 aliphatic rings. The maximum Gasteiger partial charge on any atom is 0.0775 e. The summed E-state index contributed by atoms with van der Waals surface area (Å²) in [5.41, 5.74) is 0.819. The smallest absolute Gasteiger partial charge is 0.0775 e. The largest absolute Gasteiger partial charge is 0.389 e. The number of aliphatic hydroxyl groups is 1. The van der Waals surface area contributed by atoms with E-state index < -0.39 is 5.60 Å². The third-order valence-corrected chi connectivity index (χ3v) is 4.84. The Morgan fingerprint density at radius 2 is 2.10 bits per heavy atom. The van der Waals surface area contributed by atoms with Crippen LogP contribution >= 0.6 is 0 Å². The molecule has 21 heavy (non-hydrogen) atoms. The molecule has 0 aromatic heterocycles. The molecule has 0 spiro atoms. The van der Waals surface area contributed by atoms with Crippen molar-refractivity contribution in [2.75, 3.05) is 19.7 Å². The van der Waals surface area contributed by atoms with Crippen LogP contribution < -0.4 is 0 Å². The molecular weight excluding hydrogens is 262 g/mol. The highest BCUT2D eigenvalue weighted by molar-refractivity contribution is 5.14. The fraction of sp³-hybridized carbons (Fsp3) is 0.667. The van der Waals surface area contributed by atoms with Gasteiger partial charge < -0.3 is 9.84 Å². The summed E-state index contributed by atoms with van der Waals surface area (Å²) < 4.78 is 5.69. The average molecular weight is 289 g/mol. The zero-order chi connectivity index (χ0) is 14.5. The highest BCUT2D eigenvalue weighted by Gasteiger charge is 2.34. The number of hydrogen-bond donors (Lipinski definition) is 1. The number of hydrogen-bond acceptors (Lipinski definition) is 3. The van der Waals surface area contributed by atoms with Crippen LogP contribution in [0.5, 0.6) is 0 Å². The van der Waals surface area contributed by atoms with E-state index >= 15 is 0 Å². The van der Waals surface area contributed by atoms with Gasteiger partial charge in [0.1, 0.15) is 0 Å². The first-order valence-electron chi connectivity index (χ1n) is 8.34. The summed E-state index contributed by atoms with van der Waals surface area (Å²) in [5, 5.41) is 10.9. The van der Waals surface area contributed by atoms with Crippen LogP contribution in [0.1, 0.15) is 44.1 Å². The van der Waals surface area contributed by atoms with Crippen molar-refractivity contribution in [3.05, 3.63) is 35.9 Å². The van der Waals surface area contributed by atoms with E-state index in [0.29, 0.717) is 6.10 Å². The second-order valence-electron chi connectivity index (χ2n) is 6.70. The molecule has 0 bridgehead atoms. The van der Waals surface area contributed by atoms with Crippen LogP contribution in [0, 0.1) is 0 Å². The van der Waals surface area contributed by atoms with Gasteiger partial charge in [-0.1, -0.05) is 30.3 Å². The molecule has 2 aliphatic heterocycles. The molecule has 0 aliphatic carbocycles. The minimum atomic E-state index is -0.515. The van der Waals surface area contributed by atoms with Gasteiger partial charge in [-0.15, -0.1) is 0 Å². The van der Waals surface area contributed by atoms with Gasteiger partial charge in [0.2, 0.25) is 0 Å². The number of benzene rings is 1. The quantitative estimate of drug-likeness (QED) is 0.904. The summed E-state index contributed by atoms with van der Waals surface area (Å²) in [6.07, 6.45) is 6.66. The third kappa shape index (κ3) is 4.29. The van der Waals surface area contributed by atoms with Gasteiger partial charge >= 0.3 is 0 Å². The fourth-order valence-electron chi connectivity index (χ4n) is 3.69. The van der Waals surface area contributed by atoms with E-state index in [4.69, 9.17) is 4.74 Å². The van der Waals surface area contributed by atoms with Gasteiger partial charge in [0.05, 0.1) is 11.7 Å². The zero-order valence-corrected chi connectivity index (χ0v) is 12.8. The predicted molar refractivity (Wildman–Crippen MR) is 84.1 cm³/mol. The predicted octanol–water partition coefficient (Wildman–Crippen LogP) is 2.97. The summed E-state index contributed by atoms with van der Waals surface area (Å²) in [6.45, 7) is 3.75. The SMILES string of the molecule is OC1(CCC2CCCO2)CCCN(Cc2ccccc2)C1. The Kier molecular flexibility index (Phi) is 4.94. The Labute approximate surface area is 127 Å². The lowest BCUT2D eigenvalue weighted by atomic mass is 9.87. The lowest BCUT2D eigenvalue weighted by molar-refractivity contribution is -0.0485. The highest BCUT2D eigenvalue weighted by atomic mass is 16.5. The molecule has 3 heteroatoms. The van der Waals surface area contributed by atoms with Crippen LogP contribution in [0.3, 0.4) is 0 Å². The van der Waals surface area contributed by atoms with E-state index in [-0.39, 0.29) is 0 Å². The van der Waals surface area contributed by atoms with Gasteiger partial charge in [-0.05, 0) is 50.6 Å². The number of piperidine rings is 1. The molecule has 2 fully saturated rings. The van der Waals surface area contributed by atoms with Crippen molar-refractivity contribution in [2.45, 2.75) is 56.8 Å². The molecule has 2 heterocycles. The van der Waals surface area contributed by atoms with Crippen LogP contribution in [0.25, 0.3) is 0 Å². The lowest BCUT2D eigenvalue weighted by Gasteiger charge is -2.39. The van der Waals surface area contributed by atoms with E-state index in [1.54, 1.807) is 0 Å². The van der Waals surface area contributed by atoms with Crippen LogP contribution in [0.4, 0.5) is 0 Å². The lowest BCUT2D eigenvalue weighted by Crippen LogP contribution is -2.48. The van der Waals surface area contributed by atoms with Crippen molar-refractivity contribution in [1.82, 2.24) is 4.90 Å². The second kappa shape index (κ2) is 6.91. The average Bonchev–Trinajstić information content (AvgIpc) is 3.00. The second-order valence-corrected chi connectivity index (χ2v) is 6.70. The van der Waals surface area contributed by atoms with Gasteiger partial charge in [0.25, 0.3) is 0 Å². The van der Waals surface area contributed by atoms with E-state index in [1.165, 1.54) is 18.4 Å². The molecule has 3 rings (SSSR count). The molecule has 3 nitrogen and oxygen atoms in total. The standard InChI is InChI=1S/C18H27NO2/c20-18(11-9-17-8-4-13-21-17)10-5-12-19(15-18)14-16-6-2-1-3-7-16/h1-3,6-7,17,20H,4-5,8-15H2. The van der Waals surface area contributed by atoms with Crippen LogP contribution in [0.15, 0.2) is 30.3 Å². The molecule has 0 amide bonds. The monoisotopic (exact) mass is 289 g/mol. The van der Waals surface area contributed by atoms with Gasteiger partial charge in [-0.3, -0.25) is 4.90 Å².